The van der Waals surface area contributed by atoms with Crippen LogP contribution in [-0.4, -0.2) is 19.0 Å². The van der Waals surface area contributed by atoms with Gasteiger partial charge in [-0.15, -0.1) is 0 Å². The van der Waals surface area contributed by atoms with E-state index < -0.39 is 5.41 Å². The van der Waals surface area contributed by atoms with E-state index in [-0.39, 0.29) is 5.91 Å². The highest BCUT2D eigenvalue weighted by atomic mass is 127. The van der Waals surface area contributed by atoms with Crippen molar-refractivity contribution in [2.75, 3.05) is 23.7 Å². The van der Waals surface area contributed by atoms with E-state index in [2.05, 4.69) is 27.5 Å². The summed E-state index contributed by atoms with van der Waals surface area (Å²) in [5, 5.41) is 0. The lowest BCUT2D eigenvalue weighted by molar-refractivity contribution is -0.125. The summed E-state index contributed by atoms with van der Waals surface area (Å²) in [4.78, 5) is 13.5. The molecule has 0 radical (unpaired) electrons. The second-order valence-electron chi connectivity index (χ2n) is 4.80. The second kappa shape index (κ2) is 4.36. The van der Waals surface area contributed by atoms with Gasteiger partial charge in [0.15, 0.2) is 0 Å². The van der Waals surface area contributed by atoms with Crippen LogP contribution in [0.5, 0.6) is 0 Å². The van der Waals surface area contributed by atoms with Crippen molar-refractivity contribution in [3.8, 4) is 0 Å². The fourth-order valence-electron chi connectivity index (χ4n) is 2.18. The van der Waals surface area contributed by atoms with Gasteiger partial charge in [-0.05, 0) is 54.1 Å². The van der Waals surface area contributed by atoms with Crippen LogP contribution in [-0.2, 0) is 4.79 Å². The van der Waals surface area contributed by atoms with E-state index in [9.17, 15) is 4.79 Å². The van der Waals surface area contributed by atoms with E-state index in [1.54, 1.807) is 0 Å². The van der Waals surface area contributed by atoms with Crippen LogP contribution in [0, 0.1) is 8.99 Å². The average molecular weight is 345 g/mol. The van der Waals surface area contributed by atoms with Crippen molar-refractivity contribution in [1.29, 1.82) is 0 Å². The summed E-state index contributed by atoms with van der Waals surface area (Å²) in [5.41, 5.74) is 12.8. The number of benzene rings is 1. The van der Waals surface area contributed by atoms with Gasteiger partial charge in [-0.2, -0.15) is 0 Å². The van der Waals surface area contributed by atoms with Crippen molar-refractivity contribution < 1.29 is 4.79 Å². The average Bonchev–Trinajstić information content (AvgIpc) is 2.62. The number of nitrogen functional groups attached to an aromatic ring is 1. The normalized spacial score (nSPS) is 24.0. The van der Waals surface area contributed by atoms with Crippen LogP contribution in [0.3, 0.4) is 0 Å². The number of carbonyl (C=O) groups excluding carboxylic acids is 1. The highest BCUT2D eigenvalue weighted by Crippen LogP contribution is 2.35. The lowest BCUT2D eigenvalue weighted by atomic mass is 9.89. The molecule has 0 spiro atoms. The maximum atomic E-state index is 11.4. The predicted octanol–water partition coefficient (Wildman–Crippen LogP) is 1.58. The maximum absolute atomic E-state index is 11.4. The third kappa shape index (κ3) is 2.34. The minimum atomic E-state index is -0.435. The van der Waals surface area contributed by atoms with Crippen LogP contribution in [0.15, 0.2) is 18.2 Å². The Morgan fingerprint density at radius 3 is 2.76 bits per heavy atom. The van der Waals surface area contributed by atoms with Crippen LogP contribution in [0.4, 0.5) is 11.4 Å². The molecule has 4 N–H and O–H groups in total. The molecule has 1 atom stereocenters. The zero-order chi connectivity index (χ0) is 12.6. The number of nitrogens with zero attached hydrogens (tertiary/aromatic N) is 1. The van der Waals surface area contributed by atoms with Crippen molar-refractivity contribution in [2.45, 2.75) is 13.3 Å². The smallest absolute Gasteiger partial charge is 0.225 e. The number of carbonyl (C=O) groups is 1. The molecule has 1 aliphatic heterocycles. The standard InChI is InChI=1S/C12H16IN3O/c1-12(11(15)17)4-5-16(7-12)10-3-2-8(13)6-9(10)14/h2-3,6H,4-5,7,14H2,1H3,(H2,15,17). The molecule has 2 rings (SSSR count). The first-order chi connectivity index (χ1) is 7.92. The Kier molecular flexibility index (Phi) is 3.20. The van der Waals surface area contributed by atoms with Gasteiger partial charge in [-0.1, -0.05) is 0 Å². The molecule has 1 amide bonds. The molecule has 1 heterocycles. The van der Waals surface area contributed by atoms with Gasteiger partial charge in [-0.25, -0.2) is 0 Å². The molecule has 1 aliphatic rings. The Hall–Kier alpha value is -0.980. The maximum Gasteiger partial charge on any atom is 0.225 e. The summed E-state index contributed by atoms with van der Waals surface area (Å²) in [6.45, 7) is 3.38. The van der Waals surface area contributed by atoms with E-state index in [1.165, 1.54) is 0 Å². The van der Waals surface area contributed by atoms with Gasteiger partial charge >= 0.3 is 0 Å². The molecule has 0 aliphatic carbocycles. The fraction of sp³-hybridized carbons (Fsp3) is 0.417. The largest absolute Gasteiger partial charge is 0.397 e. The highest BCUT2D eigenvalue weighted by Gasteiger charge is 2.39. The molecule has 92 valence electrons. The van der Waals surface area contributed by atoms with Crippen molar-refractivity contribution >= 4 is 39.9 Å². The first-order valence-corrected chi connectivity index (χ1v) is 6.60. The van der Waals surface area contributed by atoms with E-state index in [0.717, 1.165) is 27.9 Å². The summed E-state index contributed by atoms with van der Waals surface area (Å²) < 4.78 is 1.11. The molecule has 0 bridgehead atoms. The Morgan fingerprint density at radius 1 is 1.53 bits per heavy atom. The number of primary amides is 1. The summed E-state index contributed by atoms with van der Waals surface area (Å²) >= 11 is 2.23. The van der Waals surface area contributed by atoms with Crippen LogP contribution < -0.4 is 16.4 Å². The minimum absolute atomic E-state index is 0.232. The summed E-state index contributed by atoms with van der Waals surface area (Å²) in [6, 6.07) is 5.96. The summed E-state index contributed by atoms with van der Waals surface area (Å²) in [7, 11) is 0. The minimum Gasteiger partial charge on any atom is -0.397 e. The second-order valence-corrected chi connectivity index (χ2v) is 6.05. The van der Waals surface area contributed by atoms with Gasteiger partial charge in [-0.3, -0.25) is 4.79 Å². The Balaban J connectivity index is 2.24. The molecular formula is C12H16IN3O. The molecule has 5 heteroatoms. The zero-order valence-corrected chi connectivity index (χ0v) is 11.9. The lowest BCUT2D eigenvalue weighted by Gasteiger charge is -2.23. The Bertz CT molecular complexity index is 463. The van der Waals surface area contributed by atoms with Gasteiger partial charge < -0.3 is 16.4 Å². The molecule has 1 unspecified atom stereocenters. The van der Waals surface area contributed by atoms with Crippen molar-refractivity contribution in [1.82, 2.24) is 0 Å². The lowest BCUT2D eigenvalue weighted by Crippen LogP contribution is -2.37. The molecule has 1 aromatic rings. The van der Waals surface area contributed by atoms with E-state index in [4.69, 9.17) is 11.5 Å². The van der Waals surface area contributed by atoms with Gasteiger partial charge in [0.25, 0.3) is 0 Å². The van der Waals surface area contributed by atoms with Gasteiger partial charge in [0, 0.05) is 16.7 Å². The number of amides is 1. The van der Waals surface area contributed by atoms with Gasteiger partial charge in [0.2, 0.25) is 5.91 Å². The van der Waals surface area contributed by atoms with Crippen LogP contribution in [0.1, 0.15) is 13.3 Å². The van der Waals surface area contributed by atoms with Crippen LogP contribution in [0.25, 0.3) is 0 Å². The summed E-state index contributed by atoms with van der Waals surface area (Å²) in [6.07, 6.45) is 0.785. The number of nitrogens with two attached hydrogens (primary N) is 2. The third-order valence-electron chi connectivity index (χ3n) is 3.40. The quantitative estimate of drug-likeness (QED) is 0.631. The molecule has 1 saturated heterocycles. The first-order valence-electron chi connectivity index (χ1n) is 5.52. The SMILES string of the molecule is CC1(C(N)=O)CCN(c2ccc(I)cc2N)C1. The van der Waals surface area contributed by atoms with Gasteiger partial charge in [0.05, 0.1) is 16.8 Å². The molecular weight excluding hydrogens is 329 g/mol. The highest BCUT2D eigenvalue weighted by molar-refractivity contribution is 14.1. The van der Waals surface area contributed by atoms with Crippen molar-refractivity contribution in [3.05, 3.63) is 21.8 Å². The number of hydrogen-bond acceptors (Lipinski definition) is 3. The summed E-state index contributed by atoms with van der Waals surface area (Å²) in [5.74, 6) is -0.232. The number of rotatable bonds is 2. The topological polar surface area (TPSA) is 72.4 Å². The van der Waals surface area contributed by atoms with Crippen molar-refractivity contribution in [3.63, 3.8) is 0 Å². The van der Waals surface area contributed by atoms with Crippen molar-refractivity contribution in [2.24, 2.45) is 11.1 Å². The molecule has 17 heavy (non-hydrogen) atoms. The fourth-order valence-corrected chi connectivity index (χ4v) is 2.70. The Morgan fingerprint density at radius 2 is 2.24 bits per heavy atom. The molecule has 0 saturated carbocycles. The van der Waals surface area contributed by atoms with Gasteiger partial charge in [0.1, 0.15) is 0 Å². The molecule has 1 aromatic carbocycles. The Labute approximate surface area is 114 Å². The molecule has 0 aromatic heterocycles. The molecule has 1 fully saturated rings. The zero-order valence-electron chi connectivity index (χ0n) is 9.74. The first kappa shape index (κ1) is 12.5. The predicted molar refractivity (Wildman–Crippen MR) is 77.7 cm³/mol. The monoisotopic (exact) mass is 345 g/mol. The molecule has 4 nitrogen and oxygen atoms in total. The van der Waals surface area contributed by atoms with E-state index in [1.807, 2.05) is 25.1 Å². The number of halogens is 1. The van der Waals surface area contributed by atoms with E-state index in [0.29, 0.717) is 6.54 Å². The third-order valence-corrected chi connectivity index (χ3v) is 4.07. The van der Waals surface area contributed by atoms with Crippen LogP contribution in [0.2, 0.25) is 0 Å². The van der Waals surface area contributed by atoms with E-state index >= 15 is 0 Å². The number of anilines is 2. The van der Waals surface area contributed by atoms with Crippen LogP contribution >= 0.6 is 22.6 Å². The number of hydrogen-bond donors (Lipinski definition) is 2.